The highest BCUT2D eigenvalue weighted by atomic mass is 19.4. The average Bonchev–Trinajstić information content (AvgIpc) is 2.94. The van der Waals surface area contributed by atoms with E-state index in [1.54, 1.807) is 0 Å². The van der Waals surface area contributed by atoms with E-state index in [-0.39, 0.29) is 18.0 Å². The molecule has 1 atom stereocenters. The number of carbonyl (C=O) groups is 2. The number of hydrogen-bond donors (Lipinski definition) is 2. The molecule has 2 heterocycles. The topological polar surface area (TPSA) is 92.1 Å². The third-order valence-corrected chi connectivity index (χ3v) is 3.71. The third kappa shape index (κ3) is 3.99. The number of halogens is 3. The maximum Gasteiger partial charge on any atom is 0.432 e. The molecule has 0 unspecified atom stereocenters. The van der Waals surface area contributed by atoms with Gasteiger partial charge in [0.25, 0.3) is 5.91 Å². The minimum atomic E-state index is -4.56. The van der Waals surface area contributed by atoms with Gasteiger partial charge in [-0.1, -0.05) is 0 Å². The van der Waals surface area contributed by atoms with Gasteiger partial charge in [-0.2, -0.15) is 18.3 Å². The van der Waals surface area contributed by atoms with Gasteiger partial charge in [-0.05, 0) is 25.2 Å². The molecule has 0 spiro atoms. The van der Waals surface area contributed by atoms with Gasteiger partial charge in [0.2, 0.25) is 5.91 Å². The number of carbonyl (C=O) groups excluding carboxylic acids is 2. The molecule has 1 aliphatic rings. The molecule has 6 nitrogen and oxygen atoms in total. The highest BCUT2D eigenvalue weighted by molar-refractivity contribution is 5.92. The molecule has 0 bridgehead atoms. The van der Waals surface area contributed by atoms with Gasteiger partial charge in [0.05, 0.1) is 0 Å². The third-order valence-electron chi connectivity index (χ3n) is 3.71. The summed E-state index contributed by atoms with van der Waals surface area (Å²) in [6.45, 7) is 0.875. The van der Waals surface area contributed by atoms with E-state index in [0.717, 1.165) is 18.9 Å². The van der Waals surface area contributed by atoms with E-state index in [0.29, 0.717) is 19.5 Å². The van der Waals surface area contributed by atoms with E-state index >= 15 is 0 Å². The van der Waals surface area contributed by atoms with Crippen molar-refractivity contribution < 1.29 is 22.8 Å². The van der Waals surface area contributed by atoms with Crippen LogP contribution in [0.3, 0.4) is 0 Å². The predicted molar refractivity (Wildman–Crippen MR) is 70.6 cm³/mol. The van der Waals surface area contributed by atoms with Crippen LogP contribution in [0, 0.1) is 5.92 Å². The van der Waals surface area contributed by atoms with Crippen molar-refractivity contribution >= 4 is 11.8 Å². The van der Waals surface area contributed by atoms with Crippen LogP contribution in [-0.4, -0.2) is 40.0 Å². The fraction of sp³-hybridized carbons (Fsp3) is 0.615. The summed E-state index contributed by atoms with van der Waals surface area (Å²) in [6, 6.07) is 0.718. The number of aromatic amines is 1. The van der Waals surface area contributed by atoms with Crippen molar-refractivity contribution in [2.45, 2.75) is 31.9 Å². The maximum atomic E-state index is 12.5. The lowest BCUT2D eigenvalue weighted by molar-refractivity contribution is -0.141. The molecule has 2 rings (SSSR count). The molecular formula is C13H17F3N4O2. The van der Waals surface area contributed by atoms with Crippen LogP contribution in [0.25, 0.3) is 0 Å². The van der Waals surface area contributed by atoms with Gasteiger partial charge in [0.1, 0.15) is 5.69 Å². The van der Waals surface area contributed by atoms with Gasteiger partial charge >= 0.3 is 6.18 Å². The van der Waals surface area contributed by atoms with Crippen LogP contribution in [0.5, 0.6) is 0 Å². The molecular weight excluding hydrogens is 301 g/mol. The number of nitrogens with two attached hydrogens (primary N) is 1. The molecule has 122 valence electrons. The molecule has 1 fully saturated rings. The molecule has 0 radical (unpaired) electrons. The molecule has 1 saturated heterocycles. The quantitative estimate of drug-likeness (QED) is 0.882. The van der Waals surface area contributed by atoms with Crippen LogP contribution in [0.15, 0.2) is 6.07 Å². The minimum Gasteiger partial charge on any atom is -0.370 e. The van der Waals surface area contributed by atoms with Gasteiger partial charge in [-0.25, -0.2) is 0 Å². The number of primary amides is 1. The van der Waals surface area contributed by atoms with Crippen LogP contribution in [0.1, 0.15) is 41.9 Å². The second-order valence-corrected chi connectivity index (χ2v) is 5.43. The van der Waals surface area contributed by atoms with Crippen molar-refractivity contribution in [3.63, 3.8) is 0 Å². The molecule has 22 heavy (non-hydrogen) atoms. The lowest BCUT2D eigenvalue weighted by atomic mass is 9.93. The smallest absolute Gasteiger partial charge is 0.370 e. The summed E-state index contributed by atoms with van der Waals surface area (Å²) >= 11 is 0. The highest BCUT2D eigenvalue weighted by Gasteiger charge is 2.35. The number of nitrogens with one attached hydrogen (secondary N) is 1. The summed E-state index contributed by atoms with van der Waals surface area (Å²) < 4.78 is 37.5. The van der Waals surface area contributed by atoms with Crippen LogP contribution in [0.2, 0.25) is 0 Å². The molecule has 0 saturated carbocycles. The van der Waals surface area contributed by atoms with Crippen LogP contribution in [0.4, 0.5) is 13.2 Å². The summed E-state index contributed by atoms with van der Waals surface area (Å²) in [7, 11) is 0. The summed E-state index contributed by atoms with van der Waals surface area (Å²) in [5, 5.41) is 5.28. The van der Waals surface area contributed by atoms with E-state index in [1.165, 1.54) is 4.90 Å². The van der Waals surface area contributed by atoms with Gasteiger partial charge in [-0.15, -0.1) is 0 Å². The zero-order valence-electron chi connectivity index (χ0n) is 11.8. The van der Waals surface area contributed by atoms with Crippen molar-refractivity contribution in [3.05, 3.63) is 17.5 Å². The van der Waals surface area contributed by atoms with Crippen LogP contribution >= 0.6 is 0 Å². The largest absolute Gasteiger partial charge is 0.432 e. The molecule has 9 heteroatoms. The lowest BCUT2D eigenvalue weighted by Crippen LogP contribution is -2.40. The fourth-order valence-corrected chi connectivity index (χ4v) is 2.57. The summed E-state index contributed by atoms with van der Waals surface area (Å²) in [5.41, 5.74) is 3.81. The fourth-order valence-electron chi connectivity index (χ4n) is 2.57. The second kappa shape index (κ2) is 6.37. The van der Waals surface area contributed by atoms with Crippen molar-refractivity contribution in [1.29, 1.82) is 0 Å². The number of alkyl halides is 3. The predicted octanol–water partition coefficient (Wildman–Crippen LogP) is 1.55. The number of piperidine rings is 1. The van der Waals surface area contributed by atoms with E-state index < -0.39 is 23.7 Å². The Morgan fingerprint density at radius 3 is 2.77 bits per heavy atom. The SMILES string of the molecule is NC(=O)CC[C@@H]1CCCN(C(=O)c2cc(C(F)(F)F)[nH]n2)C1. The first-order valence-electron chi connectivity index (χ1n) is 6.97. The Balaban J connectivity index is 1.99. The Bertz CT molecular complexity index is 556. The summed E-state index contributed by atoms with van der Waals surface area (Å²) in [4.78, 5) is 24.5. The first-order chi connectivity index (χ1) is 10.3. The van der Waals surface area contributed by atoms with Gasteiger partial charge in [-0.3, -0.25) is 14.7 Å². The summed E-state index contributed by atoms with van der Waals surface area (Å²) in [6.07, 6.45) is -2.13. The molecule has 1 aliphatic heterocycles. The number of hydrogen-bond acceptors (Lipinski definition) is 3. The van der Waals surface area contributed by atoms with Gasteiger partial charge in [0.15, 0.2) is 5.69 Å². The first kappa shape index (κ1) is 16.3. The van der Waals surface area contributed by atoms with E-state index in [9.17, 15) is 22.8 Å². The monoisotopic (exact) mass is 318 g/mol. The van der Waals surface area contributed by atoms with Crippen molar-refractivity contribution in [2.75, 3.05) is 13.1 Å². The molecule has 0 aromatic carbocycles. The minimum absolute atomic E-state index is 0.131. The lowest BCUT2D eigenvalue weighted by Gasteiger charge is -2.32. The molecule has 0 aliphatic carbocycles. The zero-order valence-corrected chi connectivity index (χ0v) is 11.8. The van der Waals surface area contributed by atoms with Crippen LogP contribution < -0.4 is 5.73 Å². The van der Waals surface area contributed by atoms with Crippen molar-refractivity contribution in [1.82, 2.24) is 15.1 Å². The molecule has 1 aromatic rings. The average molecular weight is 318 g/mol. The normalized spacial score (nSPS) is 19.2. The van der Waals surface area contributed by atoms with E-state index in [2.05, 4.69) is 5.10 Å². The highest BCUT2D eigenvalue weighted by Crippen LogP contribution is 2.28. The molecule has 3 N–H and O–H groups in total. The van der Waals surface area contributed by atoms with Gasteiger partial charge in [0, 0.05) is 25.6 Å². The Kier molecular flexibility index (Phi) is 4.72. The van der Waals surface area contributed by atoms with Crippen molar-refractivity contribution in [3.8, 4) is 0 Å². The second-order valence-electron chi connectivity index (χ2n) is 5.43. The summed E-state index contributed by atoms with van der Waals surface area (Å²) in [5.74, 6) is -0.799. The van der Waals surface area contributed by atoms with E-state index in [4.69, 9.17) is 5.73 Å². The number of nitrogens with zero attached hydrogens (tertiary/aromatic N) is 2. The van der Waals surface area contributed by atoms with Gasteiger partial charge < -0.3 is 10.6 Å². The molecule has 2 amide bonds. The number of rotatable bonds is 4. The number of aromatic nitrogens is 2. The Labute approximate surface area is 124 Å². The standard InChI is InChI=1S/C13H17F3N4O2/c14-13(15,16)10-6-9(18-19-10)12(22)20-5-1-2-8(7-20)3-4-11(17)21/h6,8H,1-5,7H2,(H2,17,21)(H,18,19)/t8-/m0/s1. The Hall–Kier alpha value is -2.06. The zero-order chi connectivity index (χ0) is 16.3. The molecule has 1 aromatic heterocycles. The number of likely N-dealkylation sites (tertiary alicyclic amines) is 1. The van der Waals surface area contributed by atoms with Crippen molar-refractivity contribution in [2.24, 2.45) is 11.7 Å². The first-order valence-corrected chi connectivity index (χ1v) is 6.97. The Morgan fingerprint density at radius 1 is 1.45 bits per heavy atom. The van der Waals surface area contributed by atoms with Crippen LogP contribution in [-0.2, 0) is 11.0 Å². The number of H-pyrrole nitrogens is 1. The maximum absolute atomic E-state index is 12.5. The Morgan fingerprint density at radius 2 is 2.18 bits per heavy atom. The van der Waals surface area contributed by atoms with E-state index in [1.807, 2.05) is 5.10 Å². The number of amides is 2.